The van der Waals surface area contributed by atoms with Gasteiger partial charge in [-0.05, 0) is 18.8 Å². The number of hydrogen-bond acceptors (Lipinski definition) is 1. The fraction of sp³-hybridized carbons (Fsp3) is 0.917. The second-order valence-electron chi connectivity index (χ2n) is 4.05. The molecule has 1 nitrogen and oxygen atoms in total. The van der Waals surface area contributed by atoms with Gasteiger partial charge in [0.2, 0.25) is 0 Å². The first kappa shape index (κ1) is 12.7. The van der Waals surface area contributed by atoms with Gasteiger partial charge in [-0.3, -0.25) is 4.79 Å². The molecule has 1 atom stereocenters. The molecule has 1 heteroatoms. The summed E-state index contributed by atoms with van der Waals surface area (Å²) in [4.78, 5) is 11.3. The van der Waals surface area contributed by atoms with Crippen LogP contribution in [0.2, 0.25) is 0 Å². The minimum Gasteiger partial charge on any atom is -0.300 e. The van der Waals surface area contributed by atoms with E-state index >= 15 is 0 Å². The second-order valence-corrected chi connectivity index (χ2v) is 4.05. The second kappa shape index (κ2) is 8.28. The lowest BCUT2D eigenvalue weighted by atomic mass is 9.99. The Morgan fingerprint density at radius 2 is 1.77 bits per heavy atom. The average molecular weight is 184 g/mol. The van der Waals surface area contributed by atoms with E-state index in [4.69, 9.17) is 0 Å². The van der Waals surface area contributed by atoms with Crippen molar-refractivity contribution in [1.82, 2.24) is 0 Å². The van der Waals surface area contributed by atoms with Gasteiger partial charge in [0.15, 0.2) is 0 Å². The Balaban J connectivity index is 3.26. The van der Waals surface area contributed by atoms with E-state index in [0.717, 1.165) is 38.0 Å². The first-order valence-electron chi connectivity index (χ1n) is 5.72. The molecule has 0 heterocycles. The molecule has 1 unspecified atom stereocenters. The lowest BCUT2D eigenvalue weighted by molar-refractivity contribution is -0.119. The summed E-state index contributed by atoms with van der Waals surface area (Å²) in [7, 11) is 0. The van der Waals surface area contributed by atoms with Crippen molar-refractivity contribution in [1.29, 1.82) is 0 Å². The van der Waals surface area contributed by atoms with Gasteiger partial charge in [-0.2, -0.15) is 0 Å². The molecule has 78 valence electrons. The summed E-state index contributed by atoms with van der Waals surface area (Å²) < 4.78 is 0. The van der Waals surface area contributed by atoms with Crippen LogP contribution in [0.1, 0.15) is 65.7 Å². The summed E-state index contributed by atoms with van der Waals surface area (Å²) in [6.07, 6.45) is 7.37. The van der Waals surface area contributed by atoms with Crippen molar-refractivity contribution in [2.45, 2.75) is 65.7 Å². The first-order valence-corrected chi connectivity index (χ1v) is 5.72. The van der Waals surface area contributed by atoms with Crippen molar-refractivity contribution in [3.8, 4) is 0 Å². The van der Waals surface area contributed by atoms with Crippen LogP contribution in [0.25, 0.3) is 0 Å². The summed E-state index contributed by atoms with van der Waals surface area (Å²) in [6.45, 7) is 6.60. The quantitative estimate of drug-likeness (QED) is 0.558. The fourth-order valence-electron chi connectivity index (χ4n) is 1.35. The molecule has 0 aromatic heterocycles. The molecule has 0 saturated heterocycles. The number of hydrogen-bond donors (Lipinski definition) is 0. The number of carbonyl (C=O) groups excluding carboxylic acids is 1. The number of ketones is 1. The number of carbonyl (C=O) groups is 1. The van der Waals surface area contributed by atoms with E-state index in [0.29, 0.717) is 5.78 Å². The standard InChI is InChI=1S/C12H24O/c1-4-6-9-12(13)10-7-8-11(3)5-2/h11H,4-10H2,1-3H3. The van der Waals surface area contributed by atoms with E-state index in [1.165, 1.54) is 12.8 Å². The van der Waals surface area contributed by atoms with Gasteiger partial charge in [-0.25, -0.2) is 0 Å². The maximum atomic E-state index is 11.3. The molecule has 0 spiro atoms. The van der Waals surface area contributed by atoms with Crippen LogP contribution in [0.5, 0.6) is 0 Å². The monoisotopic (exact) mass is 184 g/mol. The predicted molar refractivity (Wildman–Crippen MR) is 57.8 cm³/mol. The zero-order valence-electron chi connectivity index (χ0n) is 9.44. The maximum Gasteiger partial charge on any atom is 0.132 e. The van der Waals surface area contributed by atoms with Crippen molar-refractivity contribution in [3.05, 3.63) is 0 Å². The molecule has 0 amide bonds. The molecule has 0 aromatic carbocycles. The Labute approximate surface area is 82.9 Å². The minimum atomic E-state index is 0.463. The van der Waals surface area contributed by atoms with Crippen LogP contribution in [0.3, 0.4) is 0 Å². The van der Waals surface area contributed by atoms with E-state index in [2.05, 4.69) is 20.8 Å². The van der Waals surface area contributed by atoms with Crippen LogP contribution in [0.15, 0.2) is 0 Å². The molecule has 0 saturated carbocycles. The van der Waals surface area contributed by atoms with Gasteiger partial charge < -0.3 is 0 Å². The van der Waals surface area contributed by atoms with E-state index < -0.39 is 0 Å². The van der Waals surface area contributed by atoms with Gasteiger partial charge in [-0.15, -0.1) is 0 Å². The molecule has 0 bridgehead atoms. The molecule has 0 aliphatic rings. The fourth-order valence-corrected chi connectivity index (χ4v) is 1.35. The van der Waals surface area contributed by atoms with Crippen LogP contribution in [-0.4, -0.2) is 5.78 Å². The third-order valence-corrected chi connectivity index (χ3v) is 2.66. The zero-order valence-corrected chi connectivity index (χ0v) is 9.44. The largest absolute Gasteiger partial charge is 0.300 e. The molecule has 0 radical (unpaired) electrons. The van der Waals surface area contributed by atoms with Crippen LogP contribution >= 0.6 is 0 Å². The van der Waals surface area contributed by atoms with Gasteiger partial charge in [-0.1, -0.05) is 40.0 Å². The highest BCUT2D eigenvalue weighted by atomic mass is 16.1. The van der Waals surface area contributed by atoms with Gasteiger partial charge in [0, 0.05) is 12.8 Å². The SMILES string of the molecule is CCCCC(=O)CCCC(C)CC. The highest BCUT2D eigenvalue weighted by Gasteiger charge is 2.03. The average Bonchev–Trinajstić information content (AvgIpc) is 2.14. The molecule has 0 aliphatic carbocycles. The summed E-state index contributed by atoms with van der Waals surface area (Å²) in [6, 6.07) is 0. The Morgan fingerprint density at radius 3 is 2.31 bits per heavy atom. The lowest BCUT2D eigenvalue weighted by Crippen LogP contribution is -1.99. The smallest absolute Gasteiger partial charge is 0.132 e. The Morgan fingerprint density at radius 1 is 1.15 bits per heavy atom. The van der Waals surface area contributed by atoms with E-state index in [9.17, 15) is 4.79 Å². The van der Waals surface area contributed by atoms with Crippen LogP contribution in [-0.2, 0) is 4.79 Å². The summed E-state index contributed by atoms with van der Waals surface area (Å²) in [5.74, 6) is 1.25. The molecule has 13 heavy (non-hydrogen) atoms. The number of Topliss-reactive ketones (excluding diaryl/α,β-unsaturated/α-hetero) is 1. The van der Waals surface area contributed by atoms with Crippen LogP contribution in [0.4, 0.5) is 0 Å². The Kier molecular flexibility index (Phi) is 8.07. The predicted octanol–water partition coefficient (Wildman–Crippen LogP) is 3.96. The minimum absolute atomic E-state index is 0.463. The number of rotatable bonds is 8. The molecule has 0 fully saturated rings. The first-order chi connectivity index (χ1) is 6.20. The van der Waals surface area contributed by atoms with Gasteiger partial charge >= 0.3 is 0 Å². The summed E-state index contributed by atoms with van der Waals surface area (Å²) >= 11 is 0. The lowest BCUT2D eigenvalue weighted by Gasteiger charge is -2.06. The summed E-state index contributed by atoms with van der Waals surface area (Å²) in [5.41, 5.74) is 0. The van der Waals surface area contributed by atoms with E-state index in [-0.39, 0.29) is 0 Å². The van der Waals surface area contributed by atoms with Crippen molar-refractivity contribution in [3.63, 3.8) is 0 Å². The maximum absolute atomic E-state index is 11.3. The van der Waals surface area contributed by atoms with Gasteiger partial charge in [0.25, 0.3) is 0 Å². The van der Waals surface area contributed by atoms with Crippen molar-refractivity contribution in [2.24, 2.45) is 5.92 Å². The molecule has 0 aliphatic heterocycles. The molecule has 0 rings (SSSR count). The summed E-state index contributed by atoms with van der Waals surface area (Å²) in [5, 5.41) is 0. The molecular weight excluding hydrogens is 160 g/mol. The third kappa shape index (κ3) is 8.01. The van der Waals surface area contributed by atoms with Crippen LogP contribution < -0.4 is 0 Å². The molecule has 0 N–H and O–H groups in total. The highest BCUT2D eigenvalue weighted by molar-refractivity contribution is 5.78. The van der Waals surface area contributed by atoms with E-state index in [1.54, 1.807) is 0 Å². The third-order valence-electron chi connectivity index (χ3n) is 2.66. The highest BCUT2D eigenvalue weighted by Crippen LogP contribution is 2.12. The van der Waals surface area contributed by atoms with Crippen molar-refractivity contribution in [2.75, 3.05) is 0 Å². The topological polar surface area (TPSA) is 17.1 Å². The van der Waals surface area contributed by atoms with Crippen molar-refractivity contribution < 1.29 is 4.79 Å². The normalized spacial score (nSPS) is 12.8. The van der Waals surface area contributed by atoms with Gasteiger partial charge in [0.1, 0.15) is 5.78 Å². The van der Waals surface area contributed by atoms with E-state index in [1.807, 2.05) is 0 Å². The Bertz CT molecular complexity index is 129. The van der Waals surface area contributed by atoms with Gasteiger partial charge in [0.05, 0.1) is 0 Å². The zero-order chi connectivity index (χ0) is 10.1. The van der Waals surface area contributed by atoms with Crippen molar-refractivity contribution >= 4 is 5.78 Å². The molecule has 0 aromatic rings. The number of unbranched alkanes of at least 4 members (excludes halogenated alkanes) is 1. The molecular formula is C12H24O. The van der Waals surface area contributed by atoms with Crippen LogP contribution in [0, 0.1) is 5.92 Å². The Hall–Kier alpha value is -0.330.